The molecule has 0 spiro atoms. The molecule has 0 amide bonds. The molecular weight excluding hydrogens is 164 g/mol. The summed E-state index contributed by atoms with van der Waals surface area (Å²) in [6, 6.07) is 0. The molecule has 0 aromatic carbocycles. The molecular formula is C7H12O5. The quantitative estimate of drug-likeness (QED) is 0.330. The van der Waals surface area contributed by atoms with Crippen molar-refractivity contribution in [1.29, 1.82) is 0 Å². The highest BCUT2D eigenvalue weighted by Crippen LogP contribution is 2.40. The summed E-state index contributed by atoms with van der Waals surface area (Å²) in [6.45, 7) is -0.230. The summed E-state index contributed by atoms with van der Waals surface area (Å²) in [6.07, 6.45) is -4.00. The minimum atomic E-state index is -1.20. The molecule has 0 aromatic rings. The molecule has 5 heteroatoms. The van der Waals surface area contributed by atoms with Crippen LogP contribution >= 0.6 is 0 Å². The van der Waals surface area contributed by atoms with E-state index in [0.29, 0.717) is 0 Å². The lowest BCUT2D eigenvalue weighted by atomic mass is 9.83. The van der Waals surface area contributed by atoms with Crippen LogP contribution in [0.3, 0.4) is 0 Å². The van der Waals surface area contributed by atoms with Crippen LogP contribution in [0.2, 0.25) is 0 Å². The number of hydrogen-bond donors (Lipinski definition) is 4. The second-order valence-corrected chi connectivity index (χ2v) is 3.38. The van der Waals surface area contributed by atoms with Gasteiger partial charge < -0.3 is 25.2 Å². The van der Waals surface area contributed by atoms with Crippen LogP contribution in [0.15, 0.2) is 0 Å². The molecule has 1 aliphatic carbocycles. The van der Waals surface area contributed by atoms with Crippen molar-refractivity contribution in [2.24, 2.45) is 5.92 Å². The Bertz CT molecular complexity index is 185. The van der Waals surface area contributed by atoms with E-state index in [2.05, 4.69) is 0 Å². The highest BCUT2D eigenvalue weighted by Gasteiger charge is 2.59. The number of aliphatic hydroxyl groups is 4. The standard InChI is InChI=1S/C7H12O5/c8-1-2-3(9)4(10)5(11)7-6(2)12-7/h2-11H,1H2/t2-,3-,4+,5-,6+,7-/m1/s1. The molecule has 2 aliphatic rings. The highest BCUT2D eigenvalue weighted by atomic mass is 16.6. The first-order chi connectivity index (χ1) is 5.66. The Kier molecular flexibility index (Phi) is 1.85. The monoisotopic (exact) mass is 176 g/mol. The van der Waals surface area contributed by atoms with Crippen molar-refractivity contribution >= 4 is 0 Å². The van der Waals surface area contributed by atoms with Gasteiger partial charge in [0.05, 0.1) is 18.8 Å². The van der Waals surface area contributed by atoms with Crippen molar-refractivity contribution in [3.05, 3.63) is 0 Å². The Morgan fingerprint density at radius 3 is 2.17 bits per heavy atom. The van der Waals surface area contributed by atoms with Crippen LogP contribution in [0, 0.1) is 5.92 Å². The maximum Gasteiger partial charge on any atom is 0.113 e. The summed E-state index contributed by atoms with van der Waals surface area (Å²) in [4.78, 5) is 0. The largest absolute Gasteiger partial charge is 0.396 e. The first-order valence-corrected chi connectivity index (χ1v) is 3.97. The minimum Gasteiger partial charge on any atom is -0.396 e. The Morgan fingerprint density at radius 1 is 0.917 bits per heavy atom. The van der Waals surface area contributed by atoms with Crippen molar-refractivity contribution in [2.45, 2.75) is 30.5 Å². The molecule has 1 saturated heterocycles. The second kappa shape index (κ2) is 2.65. The molecule has 1 aliphatic heterocycles. The summed E-state index contributed by atoms with van der Waals surface area (Å²) in [5.41, 5.74) is 0. The third-order valence-electron chi connectivity index (χ3n) is 2.67. The Balaban J connectivity index is 2.11. The molecule has 1 heterocycles. The lowest BCUT2D eigenvalue weighted by molar-refractivity contribution is -0.105. The van der Waals surface area contributed by atoms with Crippen molar-refractivity contribution in [3.8, 4) is 0 Å². The molecule has 12 heavy (non-hydrogen) atoms. The van der Waals surface area contributed by atoms with E-state index < -0.39 is 30.3 Å². The van der Waals surface area contributed by atoms with Crippen LogP contribution in [-0.4, -0.2) is 57.6 Å². The summed E-state index contributed by atoms with van der Waals surface area (Å²) in [5, 5.41) is 36.7. The number of epoxide rings is 1. The molecule has 0 aromatic heterocycles. The van der Waals surface area contributed by atoms with Gasteiger partial charge in [0.25, 0.3) is 0 Å². The van der Waals surface area contributed by atoms with Crippen LogP contribution < -0.4 is 0 Å². The lowest BCUT2D eigenvalue weighted by Gasteiger charge is -2.30. The zero-order chi connectivity index (χ0) is 8.88. The van der Waals surface area contributed by atoms with E-state index in [1.54, 1.807) is 0 Å². The Labute approximate surface area is 69.2 Å². The molecule has 0 unspecified atom stereocenters. The van der Waals surface area contributed by atoms with Crippen LogP contribution in [-0.2, 0) is 4.74 Å². The maximum atomic E-state index is 9.35. The predicted molar refractivity (Wildman–Crippen MR) is 37.3 cm³/mol. The zero-order valence-corrected chi connectivity index (χ0v) is 6.37. The number of ether oxygens (including phenoxy) is 1. The van der Waals surface area contributed by atoms with E-state index in [1.165, 1.54) is 0 Å². The molecule has 0 bridgehead atoms. The SMILES string of the molecule is OC[C@@H]1[C@@H](O)[C@H](O)[C@@H](O)[C@H]2O[C@@H]12. The first-order valence-electron chi connectivity index (χ1n) is 3.97. The molecule has 1 saturated carbocycles. The van der Waals surface area contributed by atoms with Gasteiger partial charge in [-0.15, -0.1) is 0 Å². The smallest absolute Gasteiger partial charge is 0.113 e. The summed E-state index contributed by atoms with van der Waals surface area (Å²) < 4.78 is 5.00. The highest BCUT2D eigenvalue weighted by molar-refractivity contribution is 5.07. The summed E-state index contributed by atoms with van der Waals surface area (Å²) >= 11 is 0. The van der Waals surface area contributed by atoms with Crippen LogP contribution in [0.25, 0.3) is 0 Å². The maximum absolute atomic E-state index is 9.35. The zero-order valence-electron chi connectivity index (χ0n) is 6.37. The minimum absolute atomic E-state index is 0.230. The van der Waals surface area contributed by atoms with Crippen LogP contribution in [0.1, 0.15) is 0 Å². The fourth-order valence-corrected chi connectivity index (χ4v) is 1.81. The van der Waals surface area contributed by atoms with Gasteiger partial charge in [-0.25, -0.2) is 0 Å². The van der Waals surface area contributed by atoms with E-state index in [-0.39, 0.29) is 12.7 Å². The van der Waals surface area contributed by atoms with Crippen molar-refractivity contribution in [3.63, 3.8) is 0 Å². The van der Waals surface area contributed by atoms with E-state index in [1.807, 2.05) is 0 Å². The molecule has 70 valence electrons. The normalized spacial score (nSPS) is 58.0. The van der Waals surface area contributed by atoms with Gasteiger partial charge >= 0.3 is 0 Å². The summed E-state index contributed by atoms with van der Waals surface area (Å²) in [5.74, 6) is -0.464. The number of rotatable bonds is 1. The summed E-state index contributed by atoms with van der Waals surface area (Å²) in [7, 11) is 0. The third-order valence-corrected chi connectivity index (χ3v) is 2.67. The van der Waals surface area contributed by atoms with Gasteiger partial charge in [0, 0.05) is 5.92 Å². The lowest BCUT2D eigenvalue weighted by Crippen LogP contribution is -2.52. The van der Waals surface area contributed by atoms with Gasteiger partial charge in [0.1, 0.15) is 18.3 Å². The first kappa shape index (κ1) is 8.40. The van der Waals surface area contributed by atoms with Gasteiger partial charge in [-0.2, -0.15) is 0 Å². The predicted octanol–water partition coefficient (Wildman–Crippen LogP) is -2.54. The van der Waals surface area contributed by atoms with Gasteiger partial charge in [0.2, 0.25) is 0 Å². The average molecular weight is 176 g/mol. The molecule has 4 N–H and O–H groups in total. The van der Waals surface area contributed by atoms with E-state index in [4.69, 9.17) is 9.84 Å². The van der Waals surface area contributed by atoms with Gasteiger partial charge in [-0.05, 0) is 0 Å². The molecule has 0 radical (unpaired) electrons. The fraction of sp³-hybridized carbons (Fsp3) is 1.00. The van der Waals surface area contributed by atoms with Crippen molar-refractivity contribution in [1.82, 2.24) is 0 Å². The third kappa shape index (κ3) is 0.982. The topological polar surface area (TPSA) is 93.5 Å². The number of aliphatic hydroxyl groups excluding tert-OH is 4. The van der Waals surface area contributed by atoms with E-state index in [0.717, 1.165) is 0 Å². The van der Waals surface area contributed by atoms with Crippen LogP contribution in [0.4, 0.5) is 0 Å². The van der Waals surface area contributed by atoms with E-state index >= 15 is 0 Å². The van der Waals surface area contributed by atoms with Gasteiger partial charge in [0.15, 0.2) is 0 Å². The number of hydrogen-bond acceptors (Lipinski definition) is 5. The molecule has 2 fully saturated rings. The Hall–Kier alpha value is -0.200. The van der Waals surface area contributed by atoms with Crippen molar-refractivity contribution < 1.29 is 25.2 Å². The van der Waals surface area contributed by atoms with Crippen molar-refractivity contribution in [2.75, 3.05) is 6.61 Å². The molecule has 6 atom stereocenters. The molecule has 2 rings (SSSR count). The fourth-order valence-electron chi connectivity index (χ4n) is 1.81. The Morgan fingerprint density at radius 2 is 1.58 bits per heavy atom. The second-order valence-electron chi connectivity index (χ2n) is 3.38. The van der Waals surface area contributed by atoms with E-state index in [9.17, 15) is 15.3 Å². The van der Waals surface area contributed by atoms with Gasteiger partial charge in [-0.3, -0.25) is 0 Å². The average Bonchev–Trinajstić information content (AvgIpc) is 2.81. The van der Waals surface area contributed by atoms with Crippen LogP contribution in [0.5, 0.6) is 0 Å². The van der Waals surface area contributed by atoms with Gasteiger partial charge in [-0.1, -0.05) is 0 Å². The molecule has 5 nitrogen and oxygen atoms in total. The number of fused-ring (bicyclic) bond motifs is 1.